The van der Waals surface area contributed by atoms with E-state index in [1.54, 1.807) is 7.11 Å². The summed E-state index contributed by atoms with van der Waals surface area (Å²) >= 11 is 0. The molecule has 4 aliphatic carbocycles. The third-order valence-electron chi connectivity index (χ3n) is 8.25. The van der Waals surface area contributed by atoms with Gasteiger partial charge in [0, 0.05) is 0 Å². The van der Waals surface area contributed by atoms with E-state index >= 15 is 0 Å². The van der Waals surface area contributed by atoms with Crippen LogP contribution >= 0.6 is 0 Å². The van der Waals surface area contributed by atoms with Crippen molar-refractivity contribution in [3.05, 3.63) is 72.3 Å². The lowest BCUT2D eigenvalue weighted by Crippen LogP contribution is -2.34. The Morgan fingerprint density at radius 2 is 1.38 bits per heavy atom. The average molecular weight is 485 g/mol. The largest absolute Gasteiger partial charge is 0.497 e. The van der Waals surface area contributed by atoms with Crippen LogP contribution in [0.3, 0.4) is 0 Å². The zero-order valence-electron chi connectivity index (χ0n) is 21.0. The quantitative estimate of drug-likeness (QED) is 0.390. The molecule has 5 heteroatoms. The molecule has 0 N–H and O–H groups in total. The van der Waals surface area contributed by atoms with Crippen LogP contribution < -0.4 is 0 Å². The fraction of sp³-hybridized carbons (Fsp3) is 0.586. The van der Waals surface area contributed by atoms with Crippen LogP contribution in [0.5, 0.6) is 0 Å². The third-order valence-corrected chi connectivity index (χ3v) is 10.7. The minimum absolute atomic E-state index is 0.0623. The van der Waals surface area contributed by atoms with Crippen LogP contribution in [-0.4, -0.2) is 32.1 Å². The van der Waals surface area contributed by atoms with Crippen molar-refractivity contribution in [1.29, 1.82) is 0 Å². The van der Waals surface area contributed by atoms with E-state index in [4.69, 9.17) is 9.47 Å². The molecule has 0 radical (unpaired) electrons. The molecule has 0 bridgehead atoms. The monoisotopic (exact) mass is 484 g/mol. The normalized spacial score (nSPS) is 33.9. The number of rotatable bonds is 7. The van der Waals surface area contributed by atoms with Crippen molar-refractivity contribution in [3.63, 3.8) is 0 Å². The maximum absolute atomic E-state index is 13.1. The Hall–Kier alpha value is -2.01. The van der Waals surface area contributed by atoms with Gasteiger partial charge in [0.25, 0.3) is 0 Å². The lowest BCUT2D eigenvalue weighted by atomic mass is 9.65. The van der Waals surface area contributed by atoms with Crippen LogP contribution in [0.15, 0.2) is 72.3 Å². The molecule has 0 fully saturated rings. The second kappa shape index (κ2) is 10.3. The molecular formula is C29H40O4S. The van der Waals surface area contributed by atoms with Crippen molar-refractivity contribution in [2.75, 3.05) is 7.11 Å². The highest BCUT2D eigenvalue weighted by atomic mass is 32.2. The van der Waals surface area contributed by atoms with Crippen LogP contribution in [0.25, 0.3) is 0 Å². The molecule has 0 aromatic heterocycles. The van der Waals surface area contributed by atoms with E-state index < -0.39 is 15.1 Å². The van der Waals surface area contributed by atoms with Crippen LogP contribution in [0.2, 0.25) is 0 Å². The van der Waals surface area contributed by atoms with Gasteiger partial charge in [-0.25, -0.2) is 8.42 Å². The van der Waals surface area contributed by atoms with Gasteiger partial charge in [0.2, 0.25) is 0 Å². The molecule has 186 valence electrons. The molecule has 6 unspecified atom stereocenters. The minimum atomic E-state index is -3.18. The lowest BCUT2D eigenvalue weighted by Gasteiger charge is -2.40. The molecule has 0 saturated carbocycles. The molecule has 0 heterocycles. The van der Waals surface area contributed by atoms with Crippen molar-refractivity contribution >= 4 is 9.84 Å². The number of hydrogen-bond acceptors (Lipinski definition) is 4. The van der Waals surface area contributed by atoms with E-state index in [-0.39, 0.29) is 16.8 Å². The van der Waals surface area contributed by atoms with Gasteiger partial charge in [-0.3, -0.25) is 0 Å². The molecule has 4 aliphatic rings. The molecule has 4 rings (SSSR count). The Labute approximate surface area is 206 Å². The number of sulfone groups is 1. The van der Waals surface area contributed by atoms with Crippen molar-refractivity contribution in [2.45, 2.75) is 75.9 Å². The molecule has 4 nitrogen and oxygen atoms in total. The summed E-state index contributed by atoms with van der Waals surface area (Å²) in [6.07, 6.45) is 25.8. The Morgan fingerprint density at radius 1 is 0.794 bits per heavy atom. The van der Waals surface area contributed by atoms with Gasteiger partial charge in [0.05, 0.1) is 17.6 Å². The predicted octanol–water partition coefficient (Wildman–Crippen LogP) is 6.45. The van der Waals surface area contributed by atoms with Crippen LogP contribution in [0.4, 0.5) is 0 Å². The molecule has 6 atom stereocenters. The summed E-state index contributed by atoms with van der Waals surface area (Å²) in [5, 5.41) is -0.733. The van der Waals surface area contributed by atoms with Gasteiger partial charge in [0.15, 0.2) is 9.84 Å². The summed E-state index contributed by atoms with van der Waals surface area (Å²) < 4.78 is 37.7. The Morgan fingerprint density at radius 3 is 1.85 bits per heavy atom. The van der Waals surface area contributed by atoms with Gasteiger partial charge in [-0.15, -0.1) is 0 Å². The summed E-state index contributed by atoms with van der Waals surface area (Å²) in [5.74, 6) is 3.23. The minimum Gasteiger partial charge on any atom is -0.497 e. The predicted molar refractivity (Wildman–Crippen MR) is 139 cm³/mol. The van der Waals surface area contributed by atoms with Crippen molar-refractivity contribution < 1.29 is 17.9 Å². The van der Waals surface area contributed by atoms with Gasteiger partial charge in [-0.05, 0) is 92.1 Å². The molecule has 0 aliphatic heterocycles. The number of methoxy groups -OCH3 is 1. The first-order chi connectivity index (χ1) is 16.2. The first-order valence-corrected chi connectivity index (χ1v) is 14.4. The second-order valence-electron chi connectivity index (χ2n) is 10.9. The van der Waals surface area contributed by atoms with E-state index in [0.29, 0.717) is 24.2 Å². The summed E-state index contributed by atoms with van der Waals surface area (Å²) in [5.41, 5.74) is 0.127. The highest BCUT2D eigenvalue weighted by Gasteiger charge is 2.36. The van der Waals surface area contributed by atoms with E-state index in [0.717, 1.165) is 43.6 Å². The van der Waals surface area contributed by atoms with Gasteiger partial charge in [-0.1, -0.05) is 51.2 Å². The number of hydrogen-bond donors (Lipinski definition) is 0. The van der Waals surface area contributed by atoms with Crippen molar-refractivity contribution in [1.82, 2.24) is 0 Å². The van der Waals surface area contributed by atoms with E-state index in [1.807, 2.05) is 18.2 Å². The highest BCUT2D eigenvalue weighted by molar-refractivity contribution is 7.93. The zero-order valence-corrected chi connectivity index (χ0v) is 21.8. The third kappa shape index (κ3) is 5.45. The topological polar surface area (TPSA) is 52.6 Å². The maximum atomic E-state index is 13.1. The fourth-order valence-corrected chi connectivity index (χ4v) is 7.56. The molecule has 0 aromatic rings. The van der Waals surface area contributed by atoms with Crippen LogP contribution in [-0.2, 0) is 19.3 Å². The molecule has 0 spiro atoms. The Balaban J connectivity index is 1.31. The highest BCUT2D eigenvalue weighted by Crippen LogP contribution is 2.44. The van der Waals surface area contributed by atoms with Crippen molar-refractivity contribution in [3.8, 4) is 0 Å². The van der Waals surface area contributed by atoms with Crippen LogP contribution in [0.1, 0.15) is 59.3 Å². The van der Waals surface area contributed by atoms with Gasteiger partial charge in [-0.2, -0.15) is 0 Å². The number of allylic oxidation sites excluding steroid dienone is 7. The van der Waals surface area contributed by atoms with Gasteiger partial charge in [0.1, 0.15) is 17.6 Å². The standard InChI is InChI=1S/C29H40O4S/c1-21-5-17-27(18-6-21)34(30,31)28-19-15-26(16-20-28)33-25-13-9-23(10-14-25)29(2,3)22-7-11-24(32-4)12-8-22/h5,7,9,11-15,17,19,21-23,26-28H,6,8,10,16,18,20H2,1-4H3. The zero-order chi connectivity index (χ0) is 24.3. The maximum Gasteiger partial charge on any atom is 0.163 e. The Kier molecular flexibility index (Phi) is 7.61. The fourth-order valence-electron chi connectivity index (χ4n) is 5.57. The molecular weight excluding hydrogens is 444 g/mol. The average Bonchev–Trinajstić information content (AvgIpc) is 2.85. The first-order valence-electron chi connectivity index (χ1n) is 12.8. The van der Waals surface area contributed by atoms with Crippen molar-refractivity contribution in [2.24, 2.45) is 23.2 Å². The Bertz CT molecular complexity index is 1020. The smallest absolute Gasteiger partial charge is 0.163 e. The summed E-state index contributed by atoms with van der Waals surface area (Å²) in [6, 6.07) is 0. The second-order valence-corrected chi connectivity index (χ2v) is 13.3. The van der Waals surface area contributed by atoms with Gasteiger partial charge < -0.3 is 9.47 Å². The molecule has 0 aromatic carbocycles. The lowest BCUT2D eigenvalue weighted by molar-refractivity contribution is 0.140. The number of ether oxygens (including phenoxy) is 2. The summed E-state index contributed by atoms with van der Waals surface area (Å²) in [7, 11) is -1.46. The molecule has 0 amide bonds. The molecule has 34 heavy (non-hydrogen) atoms. The summed E-state index contributed by atoms with van der Waals surface area (Å²) in [6.45, 7) is 6.82. The van der Waals surface area contributed by atoms with E-state index in [9.17, 15) is 8.42 Å². The van der Waals surface area contributed by atoms with Crippen LogP contribution in [0, 0.1) is 23.2 Å². The molecule has 0 saturated heterocycles. The van der Waals surface area contributed by atoms with Gasteiger partial charge >= 0.3 is 0 Å². The SMILES string of the molecule is COC1=CCC(C(C)(C)C2C=CC(OC3C=CC(S(=O)(=O)C4C=CC(C)CC4)CC3)=CC2)C=C1. The summed E-state index contributed by atoms with van der Waals surface area (Å²) in [4.78, 5) is 0. The van der Waals surface area contributed by atoms with E-state index in [2.05, 4.69) is 63.3 Å². The van der Waals surface area contributed by atoms with E-state index in [1.165, 1.54) is 0 Å². The first kappa shape index (κ1) is 25.1.